The predicted octanol–water partition coefficient (Wildman–Crippen LogP) is 2.86. The van der Waals surface area contributed by atoms with E-state index in [1.807, 2.05) is 11.8 Å². The van der Waals surface area contributed by atoms with E-state index in [4.69, 9.17) is 25.1 Å². The van der Waals surface area contributed by atoms with E-state index in [0.29, 0.717) is 61.1 Å². The minimum atomic E-state index is -0.848. The topological polar surface area (TPSA) is 127 Å². The number of benzene rings is 2. The van der Waals surface area contributed by atoms with Crippen molar-refractivity contribution in [3.05, 3.63) is 58.6 Å². The molecule has 0 saturated carbocycles. The number of pyridine rings is 1. The zero-order valence-electron chi connectivity index (χ0n) is 20.5. The number of nitrogens with two attached hydrogens (primary N) is 1. The summed E-state index contributed by atoms with van der Waals surface area (Å²) in [6.45, 7) is 5.17. The van der Waals surface area contributed by atoms with Crippen LogP contribution in [0.1, 0.15) is 13.3 Å². The van der Waals surface area contributed by atoms with Crippen LogP contribution in [0.25, 0.3) is 22.0 Å². The van der Waals surface area contributed by atoms with Crippen LogP contribution in [-0.2, 0) is 9.53 Å². The van der Waals surface area contributed by atoms with Gasteiger partial charge in [-0.05, 0) is 36.2 Å². The van der Waals surface area contributed by atoms with Crippen molar-refractivity contribution in [3.8, 4) is 22.6 Å². The fourth-order valence-corrected chi connectivity index (χ4v) is 3.88. The molecule has 0 spiro atoms. The van der Waals surface area contributed by atoms with Gasteiger partial charge in [0, 0.05) is 31.4 Å². The minimum Gasteiger partial charge on any atom is -0.497 e. The number of rotatable bonds is 8. The van der Waals surface area contributed by atoms with E-state index in [1.54, 1.807) is 37.6 Å². The van der Waals surface area contributed by atoms with Gasteiger partial charge in [-0.25, -0.2) is 4.39 Å². The van der Waals surface area contributed by atoms with Crippen molar-refractivity contribution >= 4 is 16.9 Å². The lowest BCUT2D eigenvalue weighted by Gasteiger charge is -2.30. The highest BCUT2D eigenvalue weighted by molar-refractivity contribution is 5.88. The number of nitrogens with one attached hydrogen (secondary N) is 1. The van der Waals surface area contributed by atoms with Crippen LogP contribution in [0.15, 0.2) is 47.4 Å². The zero-order chi connectivity index (χ0) is 26.1. The summed E-state index contributed by atoms with van der Waals surface area (Å²) in [4.78, 5) is 28.3. The molecule has 2 heterocycles. The fourth-order valence-electron chi connectivity index (χ4n) is 3.88. The lowest BCUT2D eigenvalue weighted by Crippen LogP contribution is -2.50. The highest BCUT2D eigenvalue weighted by Gasteiger charge is 2.25. The lowest BCUT2D eigenvalue weighted by atomic mass is 10.0. The molecule has 1 saturated heterocycles. The molecule has 0 amide bonds. The number of morpholine rings is 1. The third kappa shape index (κ3) is 6.39. The molecule has 1 aliphatic heterocycles. The molecule has 10 heteroatoms. The zero-order valence-corrected chi connectivity index (χ0v) is 20.5. The van der Waals surface area contributed by atoms with Gasteiger partial charge in [-0.3, -0.25) is 14.5 Å². The minimum absolute atomic E-state index is 0.0110. The number of hydrogen-bond donors (Lipinski definition) is 3. The Morgan fingerprint density at radius 1 is 1.22 bits per heavy atom. The smallest absolute Gasteiger partial charge is 0.322 e. The van der Waals surface area contributed by atoms with Crippen molar-refractivity contribution in [2.45, 2.75) is 19.4 Å². The van der Waals surface area contributed by atoms with E-state index in [1.165, 1.54) is 12.1 Å². The van der Waals surface area contributed by atoms with E-state index in [2.05, 4.69) is 4.98 Å². The van der Waals surface area contributed by atoms with Gasteiger partial charge in [0.25, 0.3) is 0 Å². The number of fused-ring (bicyclic) bond motifs is 1. The van der Waals surface area contributed by atoms with Gasteiger partial charge in [0.1, 0.15) is 23.4 Å². The molecular weight excluding hydrogens is 469 g/mol. The maximum absolute atomic E-state index is 14.3. The number of methoxy groups -OCH3 is 1. The molecule has 9 nitrogen and oxygen atoms in total. The van der Waals surface area contributed by atoms with Crippen LogP contribution in [0.2, 0.25) is 0 Å². The normalized spacial score (nSPS) is 14.6. The van der Waals surface area contributed by atoms with Gasteiger partial charge in [0.15, 0.2) is 5.43 Å². The average molecular weight is 502 g/mol. The second kappa shape index (κ2) is 13.0. The molecule has 1 fully saturated rings. The Balaban J connectivity index is 0.000000253. The summed E-state index contributed by atoms with van der Waals surface area (Å²) in [5.41, 5.74) is 6.45. The number of carboxylic acids is 1. The quantitative estimate of drug-likeness (QED) is 0.430. The van der Waals surface area contributed by atoms with E-state index in [9.17, 15) is 14.0 Å². The fraction of sp³-hybridized carbons (Fsp3) is 0.385. The van der Waals surface area contributed by atoms with Gasteiger partial charge in [0.2, 0.25) is 0 Å². The first-order valence-electron chi connectivity index (χ1n) is 11.8. The molecule has 1 aromatic heterocycles. The maximum Gasteiger partial charge on any atom is 0.322 e. The van der Waals surface area contributed by atoms with Gasteiger partial charge < -0.3 is 30.0 Å². The first-order chi connectivity index (χ1) is 17.4. The summed E-state index contributed by atoms with van der Waals surface area (Å²) in [6.07, 6.45) is 2.41. The highest BCUT2D eigenvalue weighted by Crippen LogP contribution is 2.27. The summed E-state index contributed by atoms with van der Waals surface area (Å²) in [5.74, 6) is -0.242. The first-order valence-corrected chi connectivity index (χ1v) is 11.8. The third-order valence-electron chi connectivity index (χ3n) is 5.81. The Kier molecular flexibility index (Phi) is 9.80. The van der Waals surface area contributed by atoms with Gasteiger partial charge in [-0.1, -0.05) is 19.1 Å². The van der Waals surface area contributed by atoms with Gasteiger partial charge >= 0.3 is 5.97 Å². The summed E-state index contributed by atoms with van der Waals surface area (Å²) in [7, 11) is 1.57. The summed E-state index contributed by atoms with van der Waals surface area (Å²) < 4.78 is 30.1. The Morgan fingerprint density at radius 3 is 2.50 bits per heavy atom. The largest absolute Gasteiger partial charge is 0.497 e. The van der Waals surface area contributed by atoms with Gasteiger partial charge in [-0.15, -0.1) is 0 Å². The first kappa shape index (κ1) is 27.1. The van der Waals surface area contributed by atoms with Crippen LogP contribution in [0.5, 0.6) is 11.5 Å². The van der Waals surface area contributed by atoms with Crippen molar-refractivity contribution < 1.29 is 28.5 Å². The van der Waals surface area contributed by atoms with Crippen LogP contribution < -0.4 is 20.6 Å². The van der Waals surface area contributed by atoms with E-state index >= 15 is 0 Å². The number of aliphatic carboxylic acids is 1. The number of carbonyl (C=O) groups is 1. The number of H-pyrrole nitrogens is 1. The van der Waals surface area contributed by atoms with Crippen molar-refractivity contribution in [3.63, 3.8) is 0 Å². The monoisotopic (exact) mass is 501 g/mol. The molecule has 4 N–H and O–H groups in total. The lowest BCUT2D eigenvalue weighted by molar-refractivity contribution is -0.144. The molecular formula is C26H32FN3O6. The number of halogens is 1. The summed E-state index contributed by atoms with van der Waals surface area (Å²) >= 11 is 0. The van der Waals surface area contributed by atoms with E-state index < -0.39 is 17.8 Å². The third-order valence-corrected chi connectivity index (χ3v) is 5.81. The number of hydrogen-bond acceptors (Lipinski definition) is 7. The maximum atomic E-state index is 14.3. The molecule has 0 bridgehead atoms. The van der Waals surface area contributed by atoms with Crippen LogP contribution in [-0.4, -0.2) is 73.6 Å². The molecule has 194 valence electrons. The van der Waals surface area contributed by atoms with Gasteiger partial charge in [-0.2, -0.15) is 0 Å². The van der Waals surface area contributed by atoms with E-state index in [0.717, 1.165) is 6.42 Å². The molecule has 1 aliphatic rings. The molecule has 4 rings (SSSR count). The van der Waals surface area contributed by atoms with E-state index in [-0.39, 0.29) is 17.4 Å². The Bertz CT molecular complexity index is 1210. The average Bonchev–Trinajstić information content (AvgIpc) is 2.90. The molecule has 1 unspecified atom stereocenters. The number of carboxylic acid groups (broad SMARTS) is 1. The van der Waals surface area contributed by atoms with Crippen LogP contribution in [0.4, 0.5) is 4.39 Å². The molecule has 36 heavy (non-hydrogen) atoms. The Morgan fingerprint density at radius 2 is 1.92 bits per heavy atom. The number of aromatic nitrogens is 1. The number of aromatic amines is 1. The SMILES string of the molecule is CCCOc1ccc(F)c2c(=O)c(-c3ccc(OC)cc3)c[nH]c12.NCC(C(=O)O)N1CCOCC1. The Labute approximate surface area is 208 Å². The highest BCUT2D eigenvalue weighted by atomic mass is 19.1. The summed E-state index contributed by atoms with van der Waals surface area (Å²) in [6, 6.07) is 9.31. The second-order valence-electron chi connectivity index (χ2n) is 8.14. The van der Waals surface area contributed by atoms with Crippen LogP contribution in [0, 0.1) is 5.82 Å². The standard InChI is InChI=1S/C19H18FNO3.C7H14N2O3/c1-3-10-24-16-9-8-15(20)17-18(16)21-11-14(19(17)22)12-4-6-13(23-2)7-5-12;8-5-6(7(10)11)9-1-3-12-4-2-9/h4-9,11H,3,10H2,1-2H3,(H,21,22);6H,1-5,8H2,(H,10,11). The van der Waals surface area contributed by atoms with Crippen molar-refractivity contribution in [2.75, 3.05) is 46.6 Å². The Hall–Kier alpha value is -3.47. The number of ether oxygens (including phenoxy) is 3. The molecule has 2 aromatic carbocycles. The molecule has 3 aromatic rings. The van der Waals surface area contributed by atoms with Crippen LogP contribution >= 0.6 is 0 Å². The van der Waals surface area contributed by atoms with Gasteiger partial charge in [0.05, 0.1) is 37.8 Å². The second-order valence-corrected chi connectivity index (χ2v) is 8.14. The molecule has 0 radical (unpaired) electrons. The molecule has 0 aliphatic carbocycles. The van der Waals surface area contributed by atoms with Crippen LogP contribution in [0.3, 0.4) is 0 Å². The summed E-state index contributed by atoms with van der Waals surface area (Å²) in [5, 5.41) is 8.77. The van der Waals surface area contributed by atoms with Crippen molar-refractivity contribution in [2.24, 2.45) is 5.73 Å². The van der Waals surface area contributed by atoms with Crippen molar-refractivity contribution in [1.29, 1.82) is 0 Å². The van der Waals surface area contributed by atoms with Crippen molar-refractivity contribution in [1.82, 2.24) is 9.88 Å². The molecule has 1 atom stereocenters. The number of nitrogens with zero attached hydrogens (tertiary/aromatic N) is 1. The predicted molar refractivity (Wildman–Crippen MR) is 135 cm³/mol.